The fraction of sp³-hybridized carbons (Fsp3) is 0.318. The van der Waals surface area contributed by atoms with Crippen molar-refractivity contribution in [3.05, 3.63) is 66.0 Å². The summed E-state index contributed by atoms with van der Waals surface area (Å²) in [5, 5.41) is 0. The third kappa shape index (κ3) is 5.23. The normalized spacial score (nSPS) is 13.5. The van der Waals surface area contributed by atoms with E-state index in [1.807, 2.05) is 0 Å². The second-order valence-corrected chi connectivity index (χ2v) is 8.86. The van der Waals surface area contributed by atoms with Crippen LogP contribution in [0.25, 0.3) is 0 Å². The molecule has 0 aliphatic heterocycles. The number of nitrogens with zero attached hydrogens (tertiary/aromatic N) is 1. The largest absolute Gasteiger partial charge is 0.497 e. The summed E-state index contributed by atoms with van der Waals surface area (Å²) in [6.07, 6.45) is 3.03. The minimum Gasteiger partial charge on any atom is -0.497 e. The first-order valence-corrected chi connectivity index (χ1v) is 11.2. The van der Waals surface area contributed by atoms with E-state index >= 15 is 0 Å². The van der Waals surface area contributed by atoms with Crippen LogP contribution in [0.5, 0.6) is 11.5 Å². The molecule has 3 rings (SSSR count). The van der Waals surface area contributed by atoms with E-state index in [0.717, 1.165) is 30.5 Å². The molecular weight excluding hydrogens is 423 g/mol. The number of nitrogens with one attached hydrogen (secondary N) is 1. The van der Waals surface area contributed by atoms with Gasteiger partial charge in [-0.1, -0.05) is 6.08 Å². The molecule has 166 valence electrons. The van der Waals surface area contributed by atoms with Gasteiger partial charge in [0.2, 0.25) is 10.0 Å². The maximum Gasteiger partial charge on any atom is 0.254 e. The molecule has 0 atom stereocenters. The number of halogens is 1. The van der Waals surface area contributed by atoms with Gasteiger partial charge in [-0.05, 0) is 49.2 Å². The van der Waals surface area contributed by atoms with E-state index in [1.165, 1.54) is 12.1 Å². The maximum atomic E-state index is 14.3. The molecule has 0 bridgehead atoms. The van der Waals surface area contributed by atoms with Gasteiger partial charge in [0.05, 0.1) is 20.8 Å². The van der Waals surface area contributed by atoms with Crippen LogP contribution < -0.4 is 14.2 Å². The van der Waals surface area contributed by atoms with Crippen molar-refractivity contribution in [2.75, 3.05) is 20.8 Å². The van der Waals surface area contributed by atoms with Crippen LogP contribution in [-0.4, -0.2) is 46.0 Å². The van der Waals surface area contributed by atoms with Crippen LogP contribution in [0.4, 0.5) is 4.39 Å². The lowest BCUT2D eigenvalue weighted by Gasteiger charge is -2.24. The van der Waals surface area contributed by atoms with Crippen LogP contribution in [0.1, 0.15) is 28.8 Å². The van der Waals surface area contributed by atoms with Gasteiger partial charge in [-0.25, -0.2) is 17.5 Å². The average molecular weight is 449 g/mol. The highest BCUT2D eigenvalue weighted by molar-refractivity contribution is 7.89. The van der Waals surface area contributed by atoms with Crippen molar-refractivity contribution in [3.63, 3.8) is 0 Å². The van der Waals surface area contributed by atoms with Crippen molar-refractivity contribution in [2.45, 2.75) is 30.3 Å². The zero-order valence-corrected chi connectivity index (χ0v) is 18.2. The number of hydrogen-bond donors (Lipinski definition) is 1. The molecule has 2 aromatic carbocycles. The van der Waals surface area contributed by atoms with Crippen LogP contribution in [0.15, 0.2) is 53.9 Å². The topological polar surface area (TPSA) is 84.9 Å². The highest BCUT2D eigenvalue weighted by Gasteiger charge is 2.34. The standard InChI is InChI=1S/C22H25FN2O5S/c1-4-11-24-31(27,28)21-13-15(5-9-19(21)23)22(26)25(17-6-7-17)14-16-12-18(29-2)8-10-20(16)30-3/h4-5,8-10,12-13,17,24H,1,6-7,11,14H2,2-3H3. The second kappa shape index (κ2) is 9.49. The summed E-state index contributed by atoms with van der Waals surface area (Å²) < 4.78 is 52.0. The minimum atomic E-state index is -4.12. The van der Waals surface area contributed by atoms with Crippen LogP contribution in [-0.2, 0) is 16.6 Å². The molecule has 1 fully saturated rings. The number of ether oxygens (including phenoxy) is 2. The molecule has 0 heterocycles. The van der Waals surface area contributed by atoms with Gasteiger partial charge in [0.1, 0.15) is 22.2 Å². The fourth-order valence-corrected chi connectivity index (χ4v) is 4.30. The number of hydrogen-bond acceptors (Lipinski definition) is 5. The molecule has 1 N–H and O–H groups in total. The number of rotatable bonds is 10. The fourth-order valence-electron chi connectivity index (χ4n) is 3.20. The molecule has 0 spiro atoms. The van der Waals surface area contributed by atoms with Crippen molar-refractivity contribution in [3.8, 4) is 11.5 Å². The number of benzene rings is 2. The Balaban J connectivity index is 1.93. The SMILES string of the molecule is C=CCNS(=O)(=O)c1cc(C(=O)N(Cc2cc(OC)ccc2OC)C2CC2)ccc1F. The second-order valence-electron chi connectivity index (χ2n) is 7.13. The summed E-state index contributed by atoms with van der Waals surface area (Å²) >= 11 is 0. The van der Waals surface area contributed by atoms with Gasteiger partial charge in [-0.2, -0.15) is 0 Å². The predicted molar refractivity (Wildman–Crippen MR) is 114 cm³/mol. The van der Waals surface area contributed by atoms with Crippen LogP contribution in [0, 0.1) is 5.82 Å². The zero-order chi connectivity index (χ0) is 22.6. The average Bonchev–Trinajstić information content (AvgIpc) is 3.60. The van der Waals surface area contributed by atoms with Crippen molar-refractivity contribution in [1.82, 2.24) is 9.62 Å². The highest BCUT2D eigenvalue weighted by atomic mass is 32.2. The molecular formula is C22H25FN2O5S. The molecule has 0 saturated heterocycles. The Morgan fingerprint density at radius 1 is 1.23 bits per heavy atom. The Hall–Kier alpha value is -2.91. The van der Waals surface area contributed by atoms with Gasteiger partial charge in [0.15, 0.2) is 0 Å². The van der Waals surface area contributed by atoms with E-state index in [-0.39, 0.29) is 30.6 Å². The van der Waals surface area contributed by atoms with E-state index in [1.54, 1.807) is 37.3 Å². The van der Waals surface area contributed by atoms with Gasteiger partial charge in [0.25, 0.3) is 5.91 Å². The number of sulfonamides is 1. The van der Waals surface area contributed by atoms with Crippen LogP contribution >= 0.6 is 0 Å². The maximum absolute atomic E-state index is 14.3. The van der Waals surface area contributed by atoms with Gasteiger partial charge < -0.3 is 14.4 Å². The molecule has 1 aliphatic carbocycles. The zero-order valence-electron chi connectivity index (χ0n) is 17.4. The quantitative estimate of drug-likeness (QED) is 0.565. The predicted octanol–water partition coefficient (Wildman–Crippen LogP) is 3.11. The lowest BCUT2D eigenvalue weighted by molar-refractivity contribution is 0.0728. The van der Waals surface area contributed by atoms with Crippen molar-refractivity contribution >= 4 is 15.9 Å². The van der Waals surface area contributed by atoms with Crippen LogP contribution in [0.3, 0.4) is 0 Å². The summed E-state index contributed by atoms with van der Waals surface area (Å²) in [5.74, 6) is -0.0780. The lowest BCUT2D eigenvalue weighted by Crippen LogP contribution is -2.33. The smallest absolute Gasteiger partial charge is 0.254 e. The summed E-state index contributed by atoms with van der Waals surface area (Å²) in [5.41, 5.74) is 0.846. The Kier molecular flexibility index (Phi) is 6.97. The first kappa shape index (κ1) is 22.8. The van der Waals surface area contributed by atoms with Gasteiger partial charge in [-0.3, -0.25) is 4.79 Å². The molecule has 0 unspecified atom stereocenters. The Morgan fingerprint density at radius 2 is 1.97 bits per heavy atom. The molecule has 9 heteroatoms. The number of carbonyl (C=O) groups is 1. The Bertz CT molecular complexity index is 1080. The van der Waals surface area contributed by atoms with E-state index in [2.05, 4.69) is 11.3 Å². The summed E-state index contributed by atoms with van der Waals surface area (Å²) in [6.45, 7) is 3.64. The third-order valence-corrected chi connectivity index (χ3v) is 6.40. The Morgan fingerprint density at radius 3 is 2.58 bits per heavy atom. The summed E-state index contributed by atoms with van der Waals surface area (Å²) in [7, 11) is -1.03. The number of methoxy groups -OCH3 is 2. The van der Waals surface area contributed by atoms with E-state index in [0.29, 0.717) is 11.5 Å². The third-order valence-electron chi connectivity index (χ3n) is 4.96. The number of amides is 1. The molecule has 31 heavy (non-hydrogen) atoms. The van der Waals surface area contributed by atoms with Crippen LogP contribution in [0.2, 0.25) is 0 Å². The van der Waals surface area contributed by atoms with E-state index in [4.69, 9.17) is 9.47 Å². The highest BCUT2D eigenvalue weighted by Crippen LogP contribution is 2.33. The van der Waals surface area contributed by atoms with Crippen molar-refractivity contribution in [1.29, 1.82) is 0 Å². The minimum absolute atomic E-state index is 0.0207. The first-order valence-electron chi connectivity index (χ1n) is 9.72. The molecule has 1 aliphatic rings. The lowest BCUT2D eigenvalue weighted by atomic mass is 10.1. The molecule has 0 radical (unpaired) electrons. The molecule has 1 amide bonds. The van der Waals surface area contributed by atoms with Gasteiger partial charge in [0, 0.05) is 23.7 Å². The monoisotopic (exact) mass is 448 g/mol. The Labute approximate surface area is 181 Å². The summed E-state index contributed by atoms with van der Waals surface area (Å²) in [4.78, 5) is 14.4. The molecule has 1 saturated carbocycles. The van der Waals surface area contributed by atoms with E-state index < -0.39 is 20.7 Å². The number of carbonyl (C=O) groups excluding carboxylic acids is 1. The molecule has 0 aromatic heterocycles. The van der Waals surface area contributed by atoms with Gasteiger partial charge in [-0.15, -0.1) is 6.58 Å². The first-order chi connectivity index (χ1) is 14.8. The molecule has 2 aromatic rings. The summed E-state index contributed by atoms with van der Waals surface area (Å²) in [6, 6.07) is 8.70. The van der Waals surface area contributed by atoms with Gasteiger partial charge >= 0.3 is 0 Å². The van der Waals surface area contributed by atoms with Crippen molar-refractivity contribution < 1.29 is 27.1 Å². The molecule has 7 nitrogen and oxygen atoms in total. The van der Waals surface area contributed by atoms with Crippen molar-refractivity contribution in [2.24, 2.45) is 0 Å². The van der Waals surface area contributed by atoms with E-state index in [9.17, 15) is 17.6 Å².